The minimum absolute atomic E-state index is 0.134. The topological polar surface area (TPSA) is 72.7 Å². The predicted molar refractivity (Wildman–Crippen MR) is 66.7 cm³/mol. The third-order valence-corrected chi connectivity index (χ3v) is 3.31. The summed E-state index contributed by atoms with van der Waals surface area (Å²) in [5, 5.41) is 14.8. The van der Waals surface area contributed by atoms with Gasteiger partial charge in [0.05, 0.1) is 0 Å². The molecule has 96 valence electrons. The van der Waals surface area contributed by atoms with Crippen LogP contribution in [0.25, 0.3) is 0 Å². The maximum absolute atomic E-state index is 11.4. The SMILES string of the molecule is CCCCNC(=O)CCCSc1nnnn1C. The highest BCUT2D eigenvalue weighted by atomic mass is 32.2. The third kappa shape index (κ3) is 5.67. The van der Waals surface area contributed by atoms with Crippen molar-refractivity contribution in [3.8, 4) is 0 Å². The zero-order valence-electron chi connectivity index (χ0n) is 10.3. The smallest absolute Gasteiger partial charge is 0.220 e. The largest absolute Gasteiger partial charge is 0.356 e. The molecule has 6 nitrogen and oxygen atoms in total. The number of thioether (sulfide) groups is 1. The van der Waals surface area contributed by atoms with Crippen LogP contribution in [-0.2, 0) is 11.8 Å². The van der Waals surface area contributed by atoms with Crippen LogP contribution in [0.15, 0.2) is 5.16 Å². The summed E-state index contributed by atoms with van der Waals surface area (Å²) >= 11 is 1.57. The molecule has 1 N–H and O–H groups in total. The van der Waals surface area contributed by atoms with Crippen molar-refractivity contribution in [2.45, 2.75) is 37.8 Å². The Balaban J connectivity index is 2.04. The first-order valence-electron chi connectivity index (χ1n) is 5.86. The maximum atomic E-state index is 11.4. The highest BCUT2D eigenvalue weighted by molar-refractivity contribution is 7.99. The first-order valence-corrected chi connectivity index (χ1v) is 6.84. The van der Waals surface area contributed by atoms with E-state index >= 15 is 0 Å². The van der Waals surface area contributed by atoms with E-state index in [2.05, 4.69) is 27.8 Å². The van der Waals surface area contributed by atoms with Gasteiger partial charge in [0.1, 0.15) is 0 Å². The van der Waals surface area contributed by atoms with E-state index in [1.165, 1.54) is 0 Å². The molecule has 0 aliphatic heterocycles. The van der Waals surface area contributed by atoms with Gasteiger partial charge in [0.2, 0.25) is 11.1 Å². The first-order chi connectivity index (χ1) is 8.24. The molecule has 0 fully saturated rings. The van der Waals surface area contributed by atoms with Gasteiger partial charge in [0.15, 0.2) is 0 Å². The van der Waals surface area contributed by atoms with Crippen LogP contribution in [0.1, 0.15) is 32.6 Å². The minimum atomic E-state index is 0.134. The molecule has 0 bridgehead atoms. The fourth-order valence-corrected chi connectivity index (χ4v) is 2.02. The van der Waals surface area contributed by atoms with Gasteiger partial charge in [-0.05, 0) is 23.3 Å². The summed E-state index contributed by atoms with van der Waals surface area (Å²) in [6, 6.07) is 0. The molecule has 1 rings (SSSR count). The lowest BCUT2D eigenvalue weighted by Crippen LogP contribution is -2.24. The van der Waals surface area contributed by atoms with Gasteiger partial charge >= 0.3 is 0 Å². The molecule has 1 amide bonds. The van der Waals surface area contributed by atoms with Gasteiger partial charge in [-0.3, -0.25) is 4.79 Å². The van der Waals surface area contributed by atoms with E-state index in [0.717, 1.165) is 36.7 Å². The summed E-state index contributed by atoms with van der Waals surface area (Å²) in [4.78, 5) is 11.4. The Kier molecular flexibility index (Phi) is 6.61. The van der Waals surface area contributed by atoms with Crippen LogP contribution in [0.2, 0.25) is 0 Å². The predicted octanol–water partition coefficient (Wildman–Crippen LogP) is 0.999. The molecule has 1 heterocycles. The summed E-state index contributed by atoms with van der Waals surface area (Å²) in [5.41, 5.74) is 0. The van der Waals surface area contributed by atoms with Crippen LogP contribution in [0.3, 0.4) is 0 Å². The molecule has 0 aromatic carbocycles. The zero-order chi connectivity index (χ0) is 12.5. The van der Waals surface area contributed by atoms with Crippen molar-refractivity contribution in [1.82, 2.24) is 25.5 Å². The van der Waals surface area contributed by atoms with E-state index in [1.807, 2.05) is 0 Å². The lowest BCUT2D eigenvalue weighted by atomic mass is 10.3. The summed E-state index contributed by atoms with van der Waals surface area (Å²) in [5.74, 6) is 0.991. The number of nitrogens with zero attached hydrogens (tertiary/aromatic N) is 4. The quantitative estimate of drug-likeness (QED) is 0.555. The molecule has 0 aliphatic rings. The third-order valence-electron chi connectivity index (χ3n) is 2.21. The Bertz CT molecular complexity index is 341. The standard InChI is InChI=1S/C10H19N5OS/c1-3-4-7-11-9(16)6-5-8-17-10-12-13-14-15(10)2/h3-8H2,1-2H3,(H,11,16). The average molecular weight is 257 g/mol. The molecular weight excluding hydrogens is 238 g/mol. The van der Waals surface area contributed by atoms with Crippen molar-refractivity contribution in [2.24, 2.45) is 7.05 Å². The van der Waals surface area contributed by atoms with Gasteiger partial charge in [-0.25, -0.2) is 4.68 Å². The number of hydrogen-bond acceptors (Lipinski definition) is 5. The molecular formula is C10H19N5OS. The second kappa shape index (κ2) is 8.05. The number of nitrogens with one attached hydrogen (secondary N) is 1. The number of aromatic nitrogens is 4. The van der Waals surface area contributed by atoms with Crippen molar-refractivity contribution < 1.29 is 4.79 Å². The lowest BCUT2D eigenvalue weighted by molar-refractivity contribution is -0.121. The summed E-state index contributed by atoms with van der Waals surface area (Å²) < 4.78 is 1.63. The van der Waals surface area contributed by atoms with Gasteiger partial charge in [0.25, 0.3) is 0 Å². The number of tetrazole rings is 1. The van der Waals surface area contributed by atoms with Crippen LogP contribution >= 0.6 is 11.8 Å². The highest BCUT2D eigenvalue weighted by Crippen LogP contribution is 2.13. The van der Waals surface area contributed by atoms with Crippen LogP contribution in [-0.4, -0.2) is 38.4 Å². The van der Waals surface area contributed by atoms with E-state index in [4.69, 9.17) is 0 Å². The fraction of sp³-hybridized carbons (Fsp3) is 0.800. The van der Waals surface area contributed by atoms with E-state index in [9.17, 15) is 4.79 Å². The maximum Gasteiger partial charge on any atom is 0.220 e. The Morgan fingerprint density at radius 1 is 1.47 bits per heavy atom. The molecule has 0 atom stereocenters. The second-order valence-electron chi connectivity index (χ2n) is 3.74. The Hall–Kier alpha value is -1.11. The van der Waals surface area contributed by atoms with Crippen LogP contribution < -0.4 is 5.32 Å². The number of carbonyl (C=O) groups excluding carboxylic acids is 1. The van der Waals surface area contributed by atoms with E-state index in [0.29, 0.717) is 6.42 Å². The van der Waals surface area contributed by atoms with Crippen molar-refractivity contribution in [3.63, 3.8) is 0 Å². The van der Waals surface area contributed by atoms with E-state index in [1.54, 1.807) is 23.5 Å². The van der Waals surface area contributed by atoms with Crippen molar-refractivity contribution in [1.29, 1.82) is 0 Å². The highest BCUT2D eigenvalue weighted by Gasteiger charge is 2.04. The fourth-order valence-electron chi connectivity index (χ4n) is 1.23. The van der Waals surface area contributed by atoms with Crippen molar-refractivity contribution >= 4 is 17.7 Å². The normalized spacial score (nSPS) is 10.5. The average Bonchev–Trinajstić information content (AvgIpc) is 2.71. The van der Waals surface area contributed by atoms with Gasteiger partial charge in [-0.2, -0.15) is 0 Å². The monoisotopic (exact) mass is 257 g/mol. The Morgan fingerprint density at radius 2 is 2.29 bits per heavy atom. The van der Waals surface area contributed by atoms with Crippen LogP contribution in [0, 0.1) is 0 Å². The van der Waals surface area contributed by atoms with Gasteiger partial charge in [-0.1, -0.05) is 25.1 Å². The Labute approximate surface area is 106 Å². The molecule has 0 spiro atoms. The number of hydrogen-bond donors (Lipinski definition) is 1. The van der Waals surface area contributed by atoms with Crippen LogP contribution in [0.4, 0.5) is 0 Å². The molecule has 1 aromatic rings. The van der Waals surface area contributed by atoms with E-state index in [-0.39, 0.29) is 5.91 Å². The van der Waals surface area contributed by atoms with E-state index < -0.39 is 0 Å². The summed E-state index contributed by atoms with van der Waals surface area (Å²) in [7, 11) is 1.81. The van der Waals surface area contributed by atoms with Crippen molar-refractivity contribution in [3.05, 3.63) is 0 Å². The van der Waals surface area contributed by atoms with Gasteiger partial charge < -0.3 is 5.32 Å². The number of rotatable bonds is 8. The molecule has 0 aliphatic carbocycles. The minimum Gasteiger partial charge on any atom is -0.356 e. The molecule has 7 heteroatoms. The molecule has 0 radical (unpaired) electrons. The second-order valence-corrected chi connectivity index (χ2v) is 4.80. The molecule has 0 unspecified atom stereocenters. The van der Waals surface area contributed by atoms with Gasteiger partial charge in [-0.15, -0.1) is 5.10 Å². The molecule has 0 saturated heterocycles. The Morgan fingerprint density at radius 3 is 2.94 bits per heavy atom. The number of amides is 1. The molecule has 17 heavy (non-hydrogen) atoms. The number of carbonyl (C=O) groups is 1. The lowest BCUT2D eigenvalue weighted by Gasteiger charge is -2.03. The molecule has 1 aromatic heterocycles. The zero-order valence-corrected chi connectivity index (χ0v) is 11.2. The van der Waals surface area contributed by atoms with Crippen LogP contribution in [0.5, 0.6) is 0 Å². The van der Waals surface area contributed by atoms with Gasteiger partial charge in [0, 0.05) is 25.8 Å². The van der Waals surface area contributed by atoms with Crippen molar-refractivity contribution in [2.75, 3.05) is 12.3 Å². The summed E-state index contributed by atoms with van der Waals surface area (Å²) in [6.45, 7) is 2.90. The number of unbranched alkanes of at least 4 members (excludes halogenated alkanes) is 1. The summed E-state index contributed by atoms with van der Waals surface area (Å²) in [6.07, 6.45) is 3.57. The first kappa shape index (κ1) is 14.0. The number of aryl methyl sites for hydroxylation is 1. The molecule has 0 saturated carbocycles.